The predicted molar refractivity (Wildman–Crippen MR) is 87.8 cm³/mol. The third-order valence-corrected chi connectivity index (χ3v) is 5.11. The minimum absolute atomic E-state index is 0.0958. The molecule has 0 bridgehead atoms. The van der Waals surface area contributed by atoms with Gasteiger partial charge in [-0.3, -0.25) is 10.1 Å². The van der Waals surface area contributed by atoms with E-state index in [0.29, 0.717) is 10.0 Å². The van der Waals surface area contributed by atoms with Crippen LogP contribution in [0.3, 0.4) is 0 Å². The molecule has 0 amide bonds. The van der Waals surface area contributed by atoms with Crippen LogP contribution in [0.4, 0.5) is 5.69 Å². The van der Waals surface area contributed by atoms with Crippen LogP contribution in [0.25, 0.3) is 0 Å². The first kappa shape index (κ1) is 16.4. The summed E-state index contributed by atoms with van der Waals surface area (Å²) in [5.74, 6) is 0.0958. The van der Waals surface area contributed by atoms with E-state index in [0.717, 1.165) is 9.35 Å². The molecule has 0 aliphatic heterocycles. The van der Waals surface area contributed by atoms with Gasteiger partial charge in [-0.15, -0.1) is 11.3 Å². The Hall–Kier alpha value is -0.960. The third kappa shape index (κ3) is 3.82. The lowest BCUT2D eigenvalue weighted by Crippen LogP contribution is -2.04. The molecule has 0 aliphatic rings. The molecule has 0 saturated carbocycles. The minimum atomic E-state index is -0.872. The topological polar surface area (TPSA) is 72.6 Å². The summed E-state index contributed by atoms with van der Waals surface area (Å²) in [7, 11) is 0. The molecule has 1 aromatic heterocycles. The Morgan fingerprint density at radius 3 is 2.71 bits per heavy atom. The highest BCUT2D eigenvalue weighted by Crippen LogP contribution is 2.38. The van der Waals surface area contributed by atoms with Gasteiger partial charge in [0.25, 0.3) is 0 Å². The summed E-state index contributed by atoms with van der Waals surface area (Å²) in [6.07, 6.45) is -0.872. The molecule has 5 nitrogen and oxygen atoms in total. The van der Waals surface area contributed by atoms with E-state index < -0.39 is 11.0 Å². The van der Waals surface area contributed by atoms with Crippen LogP contribution < -0.4 is 4.74 Å². The number of thiophene rings is 1. The number of halogens is 2. The SMILES string of the molecule is CC(O)c1cc(Br)cc([N+](=O)[O-])c1OCc1sccc1Br. The van der Waals surface area contributed by atoms with E-state index in [1.165, 1.54) is 17.4 Å². The highest BCUT2D eigenvalue weighted by molar-refractivity contribution is 9.10. The lowest BCUT2D eigenvalue weighted by atomic mass is 10.1. The van der Waals surface area contributed by atoms with E-state index in [1.54, 1.807) is 13.0 Å². The van der Waals surface area contributed by atoms with Crippen molar-refractivity contribution in [2.24, 2.45) is 0 Å². The number of benzene rings is 1. The number of aliphatic hydroxyl groups excluding tert-OH is 1. The van der Waals surface area contributed by atoms with Crippen LogP contribution in [0.2, 0.25) is 0 Å². The second kappa shape index (κ2) is 6.87. The van der Waals surface area contributed by atoms with Gasteiger partial charge in [0.1, 0.15) is 6.61 Å². The van der Waals surface area contributed by atoms with Gasteiger partial charge in [0, 0.05) is 20.6 Å². The van der Waals surface area contributed by atoms with Crippen LogP contribution in [0.5, 0.6) is 5.75 Å². The fourth-order valence-electron chi connectivity index (χ4n) is 1.77. The monoisotopic (exact) mass is 435 g/mol. The van der Waals surface area contributed by atoms with E-state index in [9.17, 15) is 15.2 Å². The normalized spacial score (nSPS) is 12.2. The lowest BCUT2D eigenvalue weighted by Gasteiger charge is -2.14. The fraction of sp³-hybridized carbons (Fsp3) is 0.231. The van der Waals surface area contributed by atoms with E-state index in [-0.39, 0.29) is 18.0 Å². The smallest absolute Gasteiger partial charge is 0.312 e. The number of hydrogen-bond acceptors (Lipinski definition) is 5. The molecule has 1 heterocycles. The number of ether oxygens (including phenoxy) is 1. The molecule has 2 rings (SSSR count). The van der Waals surface area contributed by atoms with E-state index in [4.69, 9.17) is 4.74 Å². The van der Waals surface area contributed by atoms with Crippen molar-refractivity contribution in [1.82, 2.24) is 0 Å². The number of nitrogens with zero attached hydrogens (tertiary/aromatic N) is 1. The molecule has 1 unspecified atom stereocenters. The molecule has 1 aromatic carbocycles. The average molecular weight is 437 g/mol. The Kier molecular flexibility index (Phi) is 5.37. The minimum Gasteiger partial charge on any atom is -0.481 e. The molecular weight excluding hydrogens is 426 g/mol. The van der Waals surface area contributed by atoms with Gasteiger partial charge in [-0.2, -0.15) is 0 Å². The van der Waals surface area contributed by atoms with Gasteiger partial charge in [-0.25, -0.2) is 0 Å². The molecule has 0 saturated heterocycles. The van der Waals surface area contributed by atoms with E-state index >= 15 is 0 Å². The number of aliphatic hydroxyl groups is 1. The highest BCUT2D eigenvalue weighted by Gasteiger charge is 2.23. The summed E-state index contributed by atoms with van der Waals surface area (Å²) in [6.45, 7) is 1.74. The largest absolute Gasteiger partial charge is 0.481 e. The van der Waals surface area contributed by atoms with E-state index in [1.807, 2.05) is 11.4 Å². The number of rotatable bonds is 5. The van der Waals surface area contributed by atoms with Crippen LogP contribution >= 0.6 is 43.2 Å². The molecule has 112 valence electrons. The zero-order valence-corrected chi connectivity index (χ0v) is 14.9. The fourth-order valence-corrected chi connectivity index (χ4v) is 3.61. The van der Waals surface area contributed by atoms with Crippen LogP contribution in [0, 0.1) is 10.1 Å². The Balaban J connectivity index is 2.40. The van der Waals surface area contributed by atoms with Crippen molar-refractivity contribution < 1.29 is 14.8 Å². The Bertz CT molecular complexity index is 672. The van der Waals surface area contributed by atoms with Gasteiger partial charge in [-0.1, -0.05) is 15.9 Å². The van der Waals surface area contributed by atoms with E-state index in [2.05, 4.69) is 31.9 Å². The Morgan fingerprint density at radius 1 is 1.48 bits per heavy atom. The van der Waals surface area contributed by atoms with Crippen molar-refractivity contribution in [3.8, 4) is 5.75 Å². The lowest BCUT2D eigenvalue weighted by molar-refractivity contribution is -0.386. The summed E-state index contributed by atoms with van der Waals surface area (Å²) in [4.78, 5) is 11.6. The highest BCUT2D eigenvalue weighted by atomic mass is 79.9. The maximum absolute atomic E-state index is 11.2. The summed E-state index contributed by atoms with van der Waals surface area (Å²) < 4.78 is 7.05. The quantitative estimate of drug-likeness (QED) is 0.538. The summed E-state index contributed by atoms with van der Waals surface area (Å²) in [5.41, 5.74) is 0.205. The van der Waals surface area contributed by atoms with Crippen LogP contribution in [0.1, 0.15) is 23.5 Å². The maximum atomic E-state index is 11.2. The van der Waals surface area contributed by atoms with Crippen molar-refractivity contribution in [2.75, 3.05) is 0 Å². The zero-order valence-electron chi connectivity index (χ0n) is 10.9. The molecule has 0 radical (unpaired) electrons. The molecule has 0 spiro atoms. The summed E-state index contributed by atoms with van der Waals surface area (Å²) >= 11 is 8.08. The molecule has 1 N–H and O–H groups in total. The van der Waals surface area contributed by atoms with Crippen LogP contribution in [-0.2, 0) is 6.61 Å². The van der Waals surface area contributed by atoms with Crippen molar-refractivity contribution >= 4 is 48.9 Å². The van der Waals surface area contributed by atoms with Crippen molar-refractivity contribution in [3.63, 3.8) is 0 Å². The van der Waals surface area contributed by atoms with Gasteiger partial charge >= 0.3 is 5.69 Å². The standard InChI is InChI=1S/C13H11Br2NO4S/c1-7(17)9-4-8(14)5-11(16(18)19)13(9)20-6-12-10(15)2-3-21-12/h2-5,7,17H,6H2,1H3. The number of nitro groups is 1. The predicted octanol–water partition coefficient (Wildman–Crippen LogP) is 4.81. The zero-order chi connectivity index (χ0) is 15.6. The van der Waals surface area contributed by atoms with Crippen LogP contribution in [0.15, 0.2) is 32.5 Å². The Morgan fingerprint density at radius 2 is 2.19 bits per heavy atom. The second-order valence-corrected chi connectivity index (χ2v) is 7.03. The molecule has 8 heteroatoms. The summed E-state index contributed by atoms with van der Waals surface area (Å²) in [5, 5.41) is 22.9. The van der Waals surface area contributed by atoms with Crippen molar-refractivity contribution in [2.45, 2.75) is 19.6 Å². The van der Waals surface area contributed by atoms with Gasteiger partial charge in [0.15, 0.2) is 0 Å². The van der Waals surface area contributed by atoms with Gasteiger partial charge in [0.05, 0.1) is 15.9 Å². The first-order valence-electron chi connectivity index (χ1n) is 5.90. The van der Waals surface area contributed by atoms with Gasteiger partial charge < -0.3 is 9.84 Å². The molecule has 0 aliphatic carbocycles. The first-order valence-corrected chi connectivity index (χ1v) is 8.37. The van der Waals surface area contributed by atoms with Gasteiger partial charge in [-0.05, 0) is 40.4 Å². The molecule has 21 heavy (non-hydrogen) atoms. The third-order valence-electron chi connectivity index (χ3n) is 2.75. The van der Waals surface area contributed by atoms with Crippen molar-refractivity contribution in [3.05, 3.63) is 53.1 Å². The van der Waals surface area contributed by atoms with Crippen LogP contribution in [-0.4, -0.2) is 10.0 Å². The molecule has 0 fully saturated rings. The van der Waals surface area contributed by atoms with Gasteiger partial charge in [0.2, 0.25) is 5.75 Å². The summed E-state index contributed by atoms with van der Waals surface area (Å²) in [6, 6.07) is 4.87. The average Bonchev–Trinajstić information content (AvgIpc) is 2.81. The number of hydrogen-bond donors (Lipinski definition) is 1. The molecule has 2 aromatic rings. The maximum Gasteiger partial charge on any atom is 0.312 e. The van der Waals surface area contributed by atoms with Crippen molar-refractivity contribution in [1.29, 1.82) is 0 Å². The molecular formula is C13H11Br2NO4S. The molecule has 1 atom stereocenters. The second-order valence-electron chi connectivity index (χ2n) is 4.26. The Labute approximate surface area is 142 Å². The first-order chi connectivity index (χ1) is 9.90. The number of nitro benzene ring substituents is 1.